The first-order valence-corrected chi connectivity index (χ1v) is 11.0. The smallest absolute Gasteiger partial charge is 0.236 e. The van der Waals surface area contributed by atoms with Crippen LogP contribution in [0.15, 0.2) is 4.99 Å². The number of piperidine rings is 1. The maximum absolute atomic E-state index is 12.5. The van der Waals surface area contributed by atoms with Gasteiger partial charge in [-0.3, -0.25) is 14.7 Å². The molecule has 0 bridgehead atoms. The molecule has 3 rings (SSSR count). The number of likely N-dealkylation sites (tertiary alicyclic amines) is 1. The lowest BCUT2D eigenvalue weighted by molar-refractivity contribution is -0.136. The molecule has 3 aliphatic heterocycles. The summed E-state index contributed by atoms with van der Waals surface area (Å²) >= 11 is 0. The second kappa shape index (κ2) is 12.9. The van der Waals surface area contributed by atoms with E-state index in [-0.39, 0.29) is 29.9 Å². The number of ether oxygens (including phenoxy) is 1. The van der Waals surface area contributed by atoms with Crippen LogP contribution in [0.3, 0.4) is 0 Å². The molecular weight excluding hydrogens is 483 g/mol. The Bertz CT molecular complexity index is 521. The number of carbonyl (C=O) groups excluding carboxylic acids is 1. The number of guanidine groups is 1. The van der Waals surface area contributed by atoms with E-state index in [1.807, 2.05) is 4.90 Å². The molecular formula is C20H39IN6O2. The summed E-state index contributed by atoms with van der Waals surface area (Å²) in [6, 6.07) is 0. The fraction of sp³-hybridized carbons (Fsp3) is 0.900. The van der Waals surface area contributed by atoms with E-state index in [0.29, 0.717) is 25.7 Å². The normalized spacial score (nSPS) is 24.9. The number of aliphatic imine (C=N–C) groups is 1. The van der Waals surface area contributed by atoms with Crippen LogP contribution in [0.25, 0.3) is 0 Å². The number of nitrogens with one attached hydrogen (secondary N) is 1. The van der Waals surface area contributed by atoms with Crippen molar-refractivity contribution in [2.24, 2.45) is 10.9 Å². The van der Waals surface area contributed by atoms with Crippen LogP contribution < -0.4 is 5.32 Å². The van der Waals surface area contributed by atoms with E-state index in [1.165, 1.54) is 19.4 Å². The number of halogens is 1. The van der Waals surface area contributed by atoms with Crippen molar-refractivity contribution in [1.82, 2.24) is 24.9 Å². The highest BCUT2D eigenvalue weighted by Crippen LogP contribution is 2.15. The number of carbonyl (C=O) groups is 1. The summed E-state index contributed by atoms with van der Waals surface area (Å²) < 4.78 is 5.34. The Balaban J connectivity index is 0.00000300. The van der Waals surface area contributed by atoms with Crippen molar-refractivity contribution in [3.8, 4) is 0 Å². The molecule has 3 fully saturated rings. The summed E-state index contributed by atoms with van der Waals surface area (Å²) in [5.74, 6) is 1.94. The number of piperazine rings is 1. The Labute approximate surface area is 193 Å². The lowest BCUT2D eigenvalue weighted by Crippen LogP contribution is -2.55. The molecule has 9 heteroatoms. The van der Waals surface area contributed by atoms with Crippen LogP contribution in [-0.4, -0.2) is 124 Å². The zero-order valence-corrected chi connectivity index (χ0v) is 20.5. The largest absolute Gasteiger partial charge is 0.378 e. The molecule has 0 aromatic rings. The Morgan fingerprint density at radius 1 is 1.07 bits per heavy atom. The van der Waals surface area contributed by atoms with Crippen molar-refractivity contribution >= 4 is 35.8 Å². The minimum atomic E-state index is 0. The maximum atomic E-state index is 12.5. The lowest BCUT2D eigenvalue weighted by atomic mass is 9.99. The third-order valence-corrected chi connectivity index (χ3v) is 5.95. The van der Waals surface area contributed by atoms with Gasteiger partial charge < -0.3 is 24.8 Å². The lowest BCUT2D eigenvalue weighted by Gasteiger charge is -2.37. The van der Waals surface area contributed by atoms with Crippen molar-refractivity contribution in [1.29, 1.82) is 0 Å². The summed E-state index contributed by atoms with van der Waals surface area (Å²) in [7, 11) is 2.21. The van der Waals surface area contributed by atoms with Gasteiger partial charge in [-0.25, -0.2) is 0 Å². The first kappa shape index (κ1) is 24.6. The van der Waals surface area contributed by atoms with Crippen LogP contribution in [0, 0.1) is 5.92 Å². The van der Waals surface area contributed by atoms with Gasteiger partial charge in [0.2, 0.25) is 5.91 Å². The Morgan fingerprint density at radius 3 is 2.45 bits per heavy atom. The van der Waals surface area contributed by atoms with Crippen molar-refractivity contribution in [2.75, 3.05) is 92.3 Å². The number of amides is 1. The average Bonchev–Trinajstić information content (AvgIpc) is 2.72. The van der Waals surface area contributed by atoms with E-state index in [1.54, 1.807) is 0 Å². The molecule has 29 heavy (non-hydrogen) atoms. The van der Waals surface area contributed by atoms with Gasteiger partial charge in [-0.05, 0) is 39.3 Å². The van der Waals surface area contributed by atoms with Crippen LogP contribution >= 0.6 is 24.0 Å². The minimum Gasteiger partial charge on any atom is -0.378 e. The number of nitrogens with zero attached hydrogens (tertiary/aromatic N) is 5. The van der Waals surface area contributed by atoms with Crippen LogP contribution in [0.5, 0.6) is 0 Å². The number of rotatable bonds is 5. The number of hydrogen-bond acceptors (Lipinski definition) is 5. The van der Waals surface area contributed by atoms with Gasteiger partial charge in [-0.2, -0.15) is 0 Å². The van der Waals surface area contributed by atoms with E-state index in [9.17, 15) is 4.79 Å². The predicted molar refractivity (Wildman–Crippen MR) is 127 cm³/mol. The summed E-state index contributed by atoms with van der Waals surface area (Å²) in [5.41, 5.74) is 0. The van der Waals surface area contributed by atoms with Crippen LogP contribution in [0.1, 0.15) is 19.8 Å². The first-order valence-electron chi connectivity index (χ1n) is 11.0. The second-order valence-corrected chi connectivity index (χ2v) is 8.22. The molecule has 0 saturated carbocycles. The molecule has 168 valence electrons. The second-order valence-electron chi connectivity index (χ2n) is 8.22. The Morgan fingerprint density at radius 2 is 1.79 bits per heavy atom. The summed E-state index contributed by atoms with van der Waals surface area (Å²) in [4.78, 5) is 26.4. The Kier molecular flexibility index (Phi) is 11.0. The zero-order valence-electron chi connectivity index (χ0n) is 18.1. The Hall–Kier alpha value is -0.650. The summed E-state index contributed by atoms with van der Waals surface area (Å²) in [6.07, 6.45) is 2.56. The summed E-state index contributed by atoms with van der Waals surface area (Å²) in [5, 5.41) is 3.47. The van der Waals surface area contributed by atoms with Gasteiger partial charge in [0, 0.05) is 58.9 Å². The fourth-order valence-corrected chi connectivity index (χ4v) is 4.29. The minimum absolute atomic E-state index is 0. The van der Waals surface area contributed by atoms with E-state index >= 15 is 0 Å². The van der Waals surface area contributed by atoms with Crippen molar-refractivity contribution in [2.45, 2.75) is 19.8 Å². The standard InChI is InChI=1S/C20H38N6O2.HI/c1-3-21-20(22-15-18-5-4-6-23(2)16-18)26-9-7-24(8-10-26)17-19(27)25-11-13-28-14-12-25;/h18H,3-17H2,1-2H3,(H,21,22);1H. The highest BCUT2D eigenvalue weighted by atomic mass is 127. The van der Waals surface area contributed by atoms with Gasteiger partial charge in [0.15, 0.2) is 5.96 Å². The molecule has 3 heterocycles. The van der Waals surface area contributed by atoms with Gasteiger partial charge in [0.1, 0.15) is 0 Å². The molecule has 1 atom stereocenters. The van der Waals surface area contributed by atoms with Gasteiger partial charge in [-0.15, -0.1) is 24.0 Å². The van der Waals surface area contributed by atoms with E-state index < -0.39 is 0 Å². The third-order valence-electron chi connectivity index (χ3n) is 5.95. The molecule has 1 N–H and O–H groups in total. The number of morpholine rings is 1. The van der Waals surface area contributed by atoms with Crippen LogP contribution in [0.2, 0.25) is 0 Å². The van der Waals surface area contributed by atoms with E-state index in [4.69, 9.17) is 9.73 Å². The predicted octanol–water partition coefficient (Wildman–Crippen LogP) is 0.388. The van der Waals surface area contributed by atoms with Gasteiger partial charge in [0.25, 0.3) is 0 Å². The molecule has 0 spiro atoms. The summed E-state index contributed by atoms with van der Waals surface area (Å²) in [6.45, 7) is 13.3. The fourth-order valence-electron chi connectivity index (χ4n) is 4.29. The van der Waals surface area contributed by atoms with E-state index in [0.717, 1.165) is 64.9 Å². The topological polar surface area (TPSA) is 63.7 Å². The van der Waals surface area contributed by atoms with Crippen LogP contribution in [-0.2, 0) is 9.53 Å². The van der Waals surface area contributed by atoms with Crippen molar-refractivity contribution in [3.05, 3.63) is 0 Å². The molecule has 0 aromatic heterocycles. The molecule has 1 amide bonds. The van der Waals surface area contributed by atoms with Crippen LogP contribution in [0.4, 0.5) is 0 Å². The van der Waals surface area contributed by atoms with Gasteiger partial charge >= 0.3 is 0 Å². The molecule has 1 unspecified atom stereocenters. The van der Waals surface area contributed by atoms with Gasteiger partial charge in [-0.1, -0.05) is 0 Å². The molecule has 0 radical (unpaired) electrons. The van der Waals surface area contributed by atoms with Crippen molar-refractivity contribution < 1.29 is 9.53 Å². The van der Waals surface area contributed by atoms with E-state index in [2.05, 4.69) is 34.0 Å². The average molecular weight is 522 g/mol. The number of hydrogen-bond donors (Lipinski definition) is 1. The SMILES string of the molecule is CCNC(=NCC1CCCN(C)C1)N1CCN(CC(=O)N2CCOCC2)CC1.I. The molecule has 3 aliphatic rings. The molecule has 0 aliphatic carbocycles. The quantitative estimate of drug-likeness (QED) is 0.320. The molecule has 3 saturated heterocycles. The monoisotopic (exact) mass is 522 g/mol. The first-order chi connectivity index (χ1) is 13.7. The highest BCUT2D eigenvalue weighted by molar-refractivity contribution is 14.0. The van der Waals surface area contributed by atoms with Gasteiger partial charge in [0.05, 0.1) is 19.8 Å². The highest BCUT2D eigenvalue weighted by Gasteiger charge is 2.24. The molecule has 0 aromatic carbocycles. The molecule has 8 nitrogen and oxygen atoms in total. The third kappa shape index (κ3) is 7.84. The van der Waals surface area contributed by atoms with Crippen molar-refractivity contribution in [3.63, 3.8) is 0 Å². The maximum Gasteiger partial charge on any atom is 0.236 e. The zero-order chi connectivity index (χ0) is 19.8.